The van der Waals surface area contributed by atoms with Crippen molar-refractivity contribution in [2.45, 2.75) is 12.8 Å². The Bertz CT molecular complexity index is 211. The average Bonchev–Trinajstić information content (AvgIpc) is 2.37. The molecule has 3 heteroatoms. The van der Waals surface area contributed by atoms with E-state index in [-0.39, 0.29) is 0 Å². The van der Waals surface area contributed by atoms with E-state index in [1.807, 2.05) is 6.20 Å². The van der Waals surface area contributed by atoms with E-state index in [2.05, 4.69) is 28.1 Å². The summed E-state index contributed by atoms with van der Waals surface area (Å²) in [5.41, 5.74) is 1.29. The van der Waals surface area contributed by atoms with Gasteiger partial charge < -0.3 is 4.90 Å². The zero-order valence-corrected chi connectivity index (χ0v) is 6.75. The zero-order chi connectivity index (χ0) is 7.68. The van der Waals surface area contributed by atoms with Crippen LogP contribution in [0.25, 0.3) is 0 Å². The van der Waals surface area contributed by atoms with Gasteiger partial charge in [0.15, 0.2) is 0 Å². The van der Waals surface area contributed by atoms with Crippen molar-refractivity contribution in [2.24, 2.45) is 0 Å². The van der Waals surface area contributed by atoms with Gasteiger partial charge in [0, 0.05) is 30.9 Å². The fourth-order valence-corrected chi connectivity index (χ4v) is 1.52. The molecule has 0 amide bonds. The number of hydrogen-bond donors (Lipinski definition) is 1. The lowest BCUT2D eigenvalue weighted by Gasteiger charge is -2.37. The van der Waals surface area contributed by atoms with E-state index < -0.39 is 0 Å². The molecule has 0 bridgehead atoms. The molecule has 0 saturated carbocycles. The second-order valence-electron chi connectivity index (χ2n) is 3.06. The van der Waals surface area contributed by atoms with Crippen LogP contribution in [0.3, 0.4) is 0 Å². The number of aromatic nitrogens is 2. The molecule has 1 fully saturated rings. The van der Waals surface area contributed by atoms with E-state index in [0.717, 1.165) is 0 Å². The lowest BCUT2D eigenvalue weighted by atomic mass is 9.97. The molecule has 0 aromatic carbocycles. The molecule has 3 nitrogen and oxygen atoms in total. The Morgan fingerprint density at radius 3 is 3.09 bits per heavy atom. The SMILES string of the molecule is CCN1CC(c2ccn[nH]2)C1. The minimum absolute atomic E-state index is 0.706. The molecule has 0 atom stereocenters. The highest BCUT2D eigenvalue weighted by molar-refractivity contribution is 5.11. The van der Waals surface area contributed by atoms with Crippen molar-refractivity contribution in [3.05, 3.63) is 18.0 Å². The van der Waals surface area contributed by atoms with Gasteiger partial charge in [-0.1, -0.05) is 6.92 Å². The van der Waals surface area contributed by atoms with E-state index in [0.29, 0.717) is 5.92 Å². The number of rotatable bonds is 2. The second-order valence-corrected chi connectivity index (χ2v) is 3.06. The van der Waals surface area contributed by atoms with Gasteiger partial charge in [0.2, 0.25) is 0 Å². The first-order valence-electron chi connectivity index (χ1n) is 4.11. The molecule has 0 spiro atoms. The average molecular weight is 151 g/mol. The van der Waals surface area contributed by atoms with Crippen molar-refractivity contribution in [3.8, 4) is 0 Å². The van der Waals surface area contributed by atoms with Crippen LogP contribution in [0.15, 0.2) is 12.3 Å². The van der Waals surface area contributed by atoms with Crippen molar-refractivity contribution in [1.82, 2.24) is 15.1 Å². The highest BCUT2D eigenvalue weighted by Gasteiger charge is 2.27. The first-order chi connectivity index (χ1) is 5.40. The topological polar surface area (TPSA) is 31.9 Å². The molecular formula is C8H13N3. The first kappa shape index (κ1) is 6.85. The molecule has 1 aliphatic rings. The van der Waals surface area contributed by atoms with Crippen LogP contribution in [-0.2, 0) is 0 Å². The van der Waals surface area contributed by atoms with Gasteiger partial charge in [0.05, 0.1) is 0 Å². The van der Waals surface area contributed by atoms with Crippen LogP contribution < -0.4 is 0 Å². The molecule has 0 unspecified atom stereocenters. The fourth-order valence-electron chi connectivity index (χ4n) is 1.52. The summed E-state index contributed by atoms with van der Waals surface area (Å²) in [7, 11) is 0. The third kappa shape index (κ3) is 1.16. The lowest BCUT2D eigenvalue weighted by Crippen LogP contribution is -2.44. The van der Waals surface area contributed by atoms with Gasteiger partial charge in [-0.05, 0) is 12.6 Å². The van der Waals surface area contributed by atoms with E-state index in [9.17, 15) is 0 Å². The fraction of sp³-hybridized carbons (Fsp3) is 0.625. The Morgan fingerprint density at radius 2 is 2.55 bits per heavy atom. The largest absolute Gasteiger partial charge is 0.302 e. The molecule has 1 N–H and O–H groups in total. The number of likely N-dealkylation sites (N-methyl/N-ethyl adjacent to an activating group) is 1. The van der Waals surface area contributed by atoms with Crippen LogP contribution in [0.1, 0.15) is 18.5 Å². The van der Waals surface area contributed by atoms with E-state index in [1.165, 1.54) is 25.3 Å². The van der Waals surface area contributed by atoms with Gasteiger partial charge in [0.25, 0.3) is 0 Å². The number of nitrogens with zero attached hydrogens (tertiary/aromatic N) is 2. The standard InChI is InChI=1S/C8H13N3/c1-2-11-5-7(6-11)8-3-4-9-10-8/h3-4,7H,2,5-6H2,1H3,(H,9,10). The minimum Gasteiger partial charge on any atom is -0.302 e. The predicted molar refractivity (Wildman–Crippen MR) is 43.4 cm³/mol. The monoisotopic (exact) mass is 151 g/mol. The van der Waals surface area contributed by atoms with Gasteiger partial charge in [-0.2, -0.15) is 5.10 Å². The van der Waals surface area contributed by atoms with Gasteiger partial charge in [0.1, 0.15) is 0 Å². The summed E-state index contributed by atoms with van der Waals surface area (Å²) in [5.74, 6) is 0.706. The maximum atomic E-state index is 3.93. The summed E-state index contributed by atoms with van der Waals surface area (Å²) < 4.78 is 0. The Kier molecular flexibility index (Phi) is 1.66. The number of hydrogen-bond acceptors (Lipinski definition) is 2. The van der Waals surface area contributed by atoms with Crippen LogP contribution in [0.2, 0.25) is 0 Å². The normalized spacial score (nSPS) is 20.1. The number of nitrogens with one attached hydrogen (secondary N) is 1. The molecule has 2 heterocycles. The third-order valence-corrected chi connectivity index (χ3v) is 2.37. The number of aromatic amines is 1. The highest BCUT2D eigenvalue weighted by atomic mass is 15.2. The molecule has 60 valence electrons. The molecule has 1 aromatic heterocycles. The van der Waals surface area contributed by atoms with Crippen molar-refractivity contribution in [3.63, 3.8) is 0 Å². The summed E-state index contributed by atoms with van der Waals surface area (Å²) in [6.45, 7) is 5.76. The molecule has 1 saturated heterocycles. The van der Waals surface area contributed by atoms with Gasteiger partial charge in [-0.15, -0.1) is 0 Å². The van der Waals surface area contributed by atoms with Crippen molar-refractivity contribution < 1.29 is 0 Å². The Hall–Kier alpha value is -0.830. The summed E-state index contributed by atoms with van der Waals surface area (Å²) >= 11 is 0. The Morgan fingerprint density at radius 1 is 1.73 bits per heavy atom. The predicted octanol–water partition coefficient (Wildman–Crippen LogP) is 0.829. The van der Waals surface area contributed by atoms with Crippen molar-refractivity contribution in [1.29, 1.82) is 0 Å². The summed E-state index contributed by atoms with van der Waals surface area (Å²) in [6.07, 6.45) is 1.82. The summed E-state index contributed by atoms with van der Waals surface area (Å²) in [6, 6.07) is 2.07. The summed E-state index contributed by atoms with van der Waals surface area (Å²) in [4.78, 5) is 2.42. The maximum Gasteiger partial charge on any atom is 0.0490 e. The smallest absolute Gasteiger partial charge is 0.0490 e. The third-order valence-electron chi connectivity index (χ3n) is 2.37. The molecule has 2 rings (SSSR count). The van der Waals surface area contributed by atoms with E-state index in [1.54, 1.807) is 0 Å². The van der Waals surface area contributed by atoms with Gasteiger partial charge in [-0.25, -0.2) is 0 Å². The zero-order valence-electron chi connectivity index (χ0n) is 6.75. The van der Waals surface area contributed by atoms with Crippen LogP contribution >= 0.6 is 0 Å². The minimum atomic E-state index is 0.706. The molecule has 11 heavy (non-hydrogen) atoms. The Balaban J connectivity index is 1.92. The molecular weight excluding hydrogens is 138 g/mol. The van der Waals surface area contributed by atoms with Crippen LogP contribution in [0.4, 0.5) is 0 Å². The second kappa shape index (κ2) is 2.66. The summed E-state index contributed by atoms with van der Waals surface area (Å²) in [5, 5.41) is 6.94. The number of likely N-dealkylation sites (tertiary alicyclic amines) is 1. The maximum absolute atomic E-state index is 3.93. The molecule has 0 radical (unpaired) electrons. The molecule has 1 aromatic rings. The molecule has 1 aliphatic heterocycles. The van der Waals surface area contributed by atoms with Gasteiger partial charge >= 0.3 is 0 Å². The lowest BCUT2D eigenvalue weighted by molar-refractivity contribution is 0.155. The Labute approximate surface area is 66.4 Å². The van der Waals surface area contributed by atoms with Crippen LogP contribution in [0, 0.1) is 0 Å². The highest BCUT2D eigenvalue weighted by Crippen LogP contribution is 2.24. The van der Waals surface area contributed by atoms with Crippen molar-refractivity contribution in [2.75, 3.05) is 19.6 Å². The van der Waals surface area contributed by atoms with Crippen LogP contribution in [0.5, 0.6) is 0 Å². The first-order valence-corrected chi connectivity index (χ1v) is 4.11. The number of H-pyrrole nitrogens is 1. The quantitative estimate of drug-likeness (QED) is 0.679. The molecule has 0 aliphatic carbocycles. The van der Waals surface area contributed by atoms with Crippen LogP contribution in [-0.4, -0.2) is 34.7 Å². The van der Waals surface area contributed by atoms with Crippen molar-refractivity contribution >= 4 is 0 Å². The van der Waals surface area contributed by atoms with E-state index in [4.69, 9.17) is 0 Å². The van der Waals surface area contributed by atoms with E-state index >= 15 is 0 Å². The van der Waals surface area contributed by atoms with Gasteiger partial charge in [-0.3, -0.25) is 5.10 Å².